The van der Waals surface area contributed by atoms with Crippen LogP contribution in [0.4, 0.5) is 22.0 Å². The first-order valence-electron chi connectivity index (χ1n) is 5.13. The fraction of sp³-hybridized carbons (Fsp3) is 0.0833. The molecule has 0 fully saturated rings. The Labute approximate surface area is 113 Å². The first-order chi connectivity index (χ1) is 9.45. The zero-order valence-electron chi connectivity index (χ0n) is 9.55. The fourth-order valence-electron chi connectivity index (χ4n) is 1.39. The topological polar surface area (TPSA) is 26.3 Å². The third kappa shape index (κ3) is 2.51. The van der Waals surface area contributed by atoms with Gasteiger partial charge in [-0.3, -0.25) is 4.79 Å². The summed E-state index contributed by atoms with van der Waals surface area (Å²) in [6.07, 6.45) is 0.562. The minimum atomic E-state index is -2.24. The smallest absolute Gasteiger partial charge is 0.207 e. The van der Waals surface area contributed by atoms with Crippen molar-refractivity contribution in [1.29, 1.82) is 0 Å². The predicted octanol–water partition coefficient (Wildman–Crippen LogP) is 3.84. The summed E-state index contributed by atoms with van der Waals surface area (Å²) >= 11 is 0.976. The quantitative estimate of drug-likeness (QED) is 0.371. The van der Waals surface area contributed by atoms with Gasteiger partial charge >= 0.3 is 0 Å². The Morgan fingerprint density at radius 1 is 0.950 bits per heavy atom. The second kappa shape index (κ2) is 5.58. The van der Waals surface area contributed by atoms with E-state index in [1.165, 1.54) is 12.1 Å². The van der Waals surface area contributed by atoms with E-state index in [0.29, 0.717) is 16.0 Å². The van der Waals surface area contributed by atoms with E-state index in [1.54, 1.807) is 0 Å². The standard InChI is InChI=1S/C12H5F5O2S/c13-7-8(14)10(16)12(11(17)9(7)15)19-4-6-2-1-5(3-18)20-6/h1-3H,4H2. The summed E-state index contributed by atoms with van der Waals surface area (Å²) in [5, 5.41) is 0. The Morgan fingerprint density at radius 3 is 2.00 bits per heavy atom. The molecule has 20 heavy (non-hydrogen) atoms. The molecule has 2 nitrogen and oxygen atoms in total. The normalized spacial score (nSPS) is 10.7. The number of carbonyl (C=O) groups is 1. The second-order valence-corrected chi connectivity index (χ2v) is 4.81. The molecule has 1 aromatic carbocycles. The first-order valence-corrected chi connectivity index (χ1v) is 5.95. The van der Waals surface area contributed by atoms with Crippen molar-refractivity contribution in [3.05, 3.63) is 51.0 Å². The van der Waals surface area contributed by atoms with Crippen LogP contribution in [-0.4, -0.2) is 6.29 Å². The predicted molar refractivity (Wildman–Crippen MR) is 60.3 cm³/mol. The van der Waals surface area contributed by atoms with E-state index in [4.69, 9.17) is 0 Å². The Balaban J connectivity index is 2.27. The monoisotopic (exact) mass is 308 g/mol. The number of rotatable bonds is 4. The fourth-order valence-corrected chi connectivity index (χ4v) is 2.13. The zero-order valence-corrected chi connectivity index (χ0v) is 10.4. The Morgan fingerprint density at radius 2 is 1.50 bits per heavy atom. The van der Waals surface area contributed by atoms with Gasteiger partial charge in [0.2, 0.25) is 29.1 Å². The summed E-state index contributed by atoms with van der Waals surface area (Å²) in [6, 6.07) is 2.88. The van der Waals surface area contributed by atoms with Crippen LogP contribution in [-0.2, 0) is 6.61 Å². The van der Waals surface area contributed by atoms with Gasteiger partial charge in [0, 0.05) is 4.88 Å². The van der Waals surface area contributed by atoms with Crippen LogP contribution in [0.3, 0.4) is 0 Å². The highest BCUT2D eigenvalue weighted by molar-refractivity contribution is 7.13. The SMILES string of the molecule is O=Cc1ccc(COc2c(F)c(F)c(F)c(F)c2F)s1. The number of carbonyl (C=O) groups excluding carboxylic acids is 1. The van der Waals surface area contributed by atoms with Gasteiger partial charge in [-0.25, -0.2) is 13.2 Å². The largest absolute Gasteiger partial charge is 0.482 e. The molecule has 0 aliphatic rings. The molecule has 1 aromatic heterocycles. The van der Waals surface area contributed by atoms with Crippen molar-refractivity contribution in [2.24, 2.45) is 0 Å². The molecule has 0 saturated heterocycles. The maximum atomic E-state index is 13.3. The van der Waals surface area contributed by atoms with Crippen molar-refractivity contribution in [2.45, 2.75) is 6.61 Å². The Kier molecular flexibility index (Phi) is 4.03. The van der Waals surface area contributed by atoms with E-state index < -0.39 is 41.4 Å². The number of ether oxygens (including phenoxy) is 1. The average molecular weight is 308 g/mol. The van der Waals surface area contributed by atoms with Gasteiger partial charge in [0.15, 0.2) is 12.0 Å². The molecule has 0 bridgehead atoms. The molecule has 0 aliphatic heterocycles. The van der Waals surface area contributed by atoms with Crippen LogP contribution in [0.5, 0.6) is 5.75 Å². The minimum absolute atomic E-state index is 0.348. The molecule has 0 amide bonds. The number of aldehydes is 1. The maximum absolute atomic E-state index is 13.3. The van der Waals surface area contributed by atoms with Crippen molar-refractivity contribution in [3.8, 4) is 5.75 Å². The minimum Gasteiger partial charge on any atom is -0.482 e. The Bertz CT molecular complexity index is 639. The summed E-state index contributed by atoms with van der Waals surface area (Å²) in [4.78, 5) is 11.2. The zero-order chi connectivity index (χ0) is 14.9. The van der Waals surface area contributed by atoms with Crippen molar-refractivity contribution >= 4 is 17.6 Å². The van der Waals surface area contributed by atoms with Crippen LogP contribution in [0.15, 0.2) is 12.1 Å². The highest BCUT2D eigenvalue weighted by Gasteiger charge is 2.27. The van der Waals surface area contributed by atoms with Gasteiger partial charge in [-0.2, -0.15) is 8.78 Å². The summed E-state index contributed by atoms with van der Waals surface area (Å²) < 4.78 is 69.8. The van der Waals surface area contributed by atoms with E-state index in [9.17, 15) is 26.7 Å². The molecule has 0 aliphatic carbocycles. The van der Waals surface area contributed by atoms with Gasteiger partial charge in [-0.1, -0.05) is 0 Å². The molecule has 0 unspecified atom stereocenters. The molecule has 106 valence electrons. The number of hydrogen-bond donors (Lipinski definition) is 0. The van der Waals surface area contributed by atoms with Crippen molar-refractivity contribution in [3.63, 3.8) is 0 Å². The molecule has 0 spiro atoms. The van der Waals surface area contributed by atoms with E-state index in [0.717, 1.165) is 11.3 Å². The molecular formula is C12H5F5O2S. The summed E-state index contributed by atoms with van der Waals surface area (Å²) in [5.41, 5.74) is 0. The molecule has 1 heterocycles. The lowest BCUT2D eigenvalue weighted by Gasteiger charge is -2.09. The highest BCUT2D eigenvalue weighted by Crippen LogP contribution is 2.30. The lowest BCUT2D eigenvalue weighted by atomic mass is 10.2. The molecule has 0 atom stereocenters. The van der Waals surface area contributed by atoms with Crippen LogP contribution in [0, 0.1) is 29.1 Å². The van der Waals surface area contributed by atoms with Gasteiger partial charge in [0.05, 0.1) is 4.88 Å². The van der Waals surface area contributed by atoms with E-state index in [1.807, 2.05) is 0 Å². The summed E-state index contributed by atoms with van der Waals surface area (Å²) in [6.45, 7) is -0.420. The molecular weight excluding hydrogens is 303 g/mol. The lowest BCUT2D eigenvalue weighted by Crippen LogP contribution is -2.06. The number of benzene rings is 1. The molecule has 2 rings (SSSR count). The molecule has 0 N–H and O–H groups in total. The van der Waals surface area contributed by atoms with Gasteiger partial charge < -0.3 is 4.74 Å². The Hall–Kier alpha value is -1.96. The second-order valence-electron chi connectivity index (χ2n) is 3.61. The summed E-state index contributed by atoms with van der Waals surface area (Å²) in [7, 11) is 0. The lowest BCUT2D eigenvalue weighted by molar-refractivity contribution is 0.112. The van der Waals surface area contributed by atoms with Crippen molar-refractivity contribution < 1.29 is 31.5 Å². The van der Waals surface area contributed by atoms with Gasteiger partial charge in [0.1, 0.15) is 6.61 Å². The van der Waals surface area contributed by atoms with Crippen LogP contribution in [0.2, 0.25) is 0 Å². The van der Waals surface area contributed by atoms with E-state index in [-0.39, 0.29) is 0 Å². The van der Waals surface area contributed by atoms with Crippen molar-refractivity contribution in [2.75, 3.05) is 0 Å². The number of hydrogen-bond acceptors (Lipinski definition) is 3. The van der Waals surface area contributed by atoms with Gasteiger partial charge in [-0.15, -0.1) is 11.3 Å². The van der Waals surface area contributed by atoms with Gasteiger partial charge in [-0.05, 0) is 12.1 Å². The van der Waals surface area contributed by atoms with Gasteiger partial charge in [0.25, 0.3) is 0 Å². The van der Waals surface area contributed by atoms with Crippen LogP contribution < -0.4 is 4.74 Å². The van der Waals surface area contributed by atoms with Crippen molar-refractivity contribution in [1.82, 2.24) is 0 Å². The number of halogens is 5. The third-order valence-electron chi connectivity index (χ3n) is 2.33. The third-order valence-corrected chi connectivity index (χ3v) is 3.31. The van der Waals surface area contributed by atoms with E-state index in [2.05, 4.69) is 4.74 Å². The average Bonchev–Trinajstić information content (AvgIpc) is 2.91. The molecule has 0 saturated carbocycles. The maximum Gasteiger partial charge on any atom is 0.207 e. The number of thiophene rings is 1. The first kappa shape index (κ1) is 14.4. The van der Waals surface area contributed by atoms with Crippen LogP contribution in [0.25, 0.3) is 0 Å². The van der Waals surface area contributed by atoms with Crippen LogP contribution in [0.1, 0.15) is 14.5 Å². The van der Waals surface area contributed by atoms with Crippen LogP contribution >= 0.6 is 11.3 Å². The molecule has 0 radical (unpaired) electrons. The summed E-state index contributed by atoms with van der Waals surface area (Å²) in [5.74, 6) is -11.8. The molecule has 2 aromatic rings. The van der Waals surface area contributed by atoms with E-state index >= 15 is 0 Å². The molecule has 8 heteroatoms. The highest BCUT2D eigenvalue weighted by atomic mass is 32.1.